The first-order valence-electron chi connectivity index (χ1n) is 10.2. The van der Waals surface area contributed by atoms with Gasteiger partial charge in [-0.2, -0.15) is 0 Å². The minimum atomic E-state index is -0.994. The maximum atomic E-state index is 12.8. The molecule has 0 atom stereocenters. The van der Waals surface area contributed by atoms with Crippen LogP contribution in [0, 0.1) is 7.14 Å². The van der Waals surface area contributed by atoms with Gasteiger partial charge in [-0.15, -0.1) is 0 Å². The van der Waals surface area contributed by atoms with Crippen LogP contribution in [0.4, 0.5) is 5.69 Å². The highest BCUT2D eigenvalue weighted by Crippen LogP contribution is 2.35. The average Bonchev–Trinajstić information content (AvgIpc) is 3.07. The summed E-state index contributed by atoms with van der Waals surface area (Å²) >= 11 is 9.22. The molecule has 1 amide bonds. The second-order valence-corrected chi connectivity index (χ2v) is 11.7. The largest absolute Gasteiger partial charge is 0.487 e. The number of carbonyl (C=O) groups is 2. The summed E-state index contributed by atoms with van der Waals surface area (Å²) in [6.07, 6.45) is 1.85. The normalized spacial score (nSPS) is 15.8. The molecule has 1 fully saturated rings. The summed E-state index contributed by atoms with van der Waals surface area (Å²) in [5.41, 5.74) is 2.73. The van der Waals surface area contributed by atoms with Crippen LogP contribution in [0.5, 0.6) is 5.75 Å². The monoisotopic (exact) mass is 774 g/mol. The molecule has 0 spiro atoms. The molecule has 3 aromatic carbocycles. The summed E-state index contributed by atoms with van der Waals surface area (Å²) in [5.74, 6) is -0.326. The van der Waals surface area contributed by atoms with Crippen molar-refractivity contribution in [2.45, 2.75) is 6.61 Å². The van der Waals surface area contributed by atoms with Gasteiger partial charge in [0.05, 0.1) is 23.3 Å². The molecule has 35 heavy (non-hydrogen) atoms. The van der Waals surface area contributed by atoms with Crippen molar-refractivity contribution >= 4 is 102 Å². The zero-order valence-corrected chi connectivity index (χ0v) is 24.9. The highest BCUT2D eigenvalue weighted by molar-refractivity contribution is 14.1. The lowest BCUT2D eigenvalue weighted by molar-refractivity contribution is -0.121. The van der Waals surface area contributed by atoms with Gasteiger partial charge in [0.15, 0.2) is 5.17 Å². The number of amides is 1. The summed E-state index contributed by atoms with van der Waals surface area (Å²) < 4.78 is 9.01. The molecule has 0 bridgehead atoms. The van der Waals surface area contributed by atoms with Crippen molar-refractivity contribution in [2.75, 3.05) is 7.05 Å². The molecule has 178 valence electrons. The number of carboxylic acid groups (broad SMARTS) is 1. The van der Waals surface area contributed by atoms with Crippen LogP contribution in [0.1, 0.15) is 21.5 Å². The lowest BCUT2D eigenvalue weighted by Gasteiger charge is -2.12. The number of halogens is 3. The first-order chi connectivity index (χ1) is 16.7. The van der Waals surface area contributed by atoms with Gasteiger partial charge in [-0.3, -0.25) is 9.69 Å². The van der Waals surface area contributed by atoms with E-state index in [4.69, 9.17) is 9.84 Å². The molecule has 0 aliphatic carbocycles. The molecular weight excluding hydrogens is 758 g/mol. The van der Waals surface area contributed by atoms with Gasteiger partial charge in [-0.1, -0.05) is 28.1 Å². The number of likely N-dealkylation sites (N-methyl/N-ethyl adjacent to an activating group) is 1. The number of nitrogens with zero attached hydrogens (tertiary/aromatic N) is 2. The Morgan fingerprint density at radius 3 is 2.34 bits per heavy atom. The van der Waals surface area contributed by atoms with Crippen LogP contribution in [-0.4, -0.2) is 34.1 Å². The summed E-state index contributed by atoms with van der Waals surface area (Å²) in [6, 6.07) is 18.2. The van der Waals surface area contributed by atoms with Crippen molar-refractivity contribution in [2.24, 2.45) is 4.99 Å². The van der Waals surface area contributed by atoms with Crippen LogP contribution in [0.15, 0.2) is 75.0 Å². The van der Waals surface area contributed by atoms with E-state index >= 15 is 0 Å². The third kappa shape index (κ3) is 6.46. The first-order valence-corrected chi connectivity index (χ1v) is 13.9. The molecule has 1 aliphatic rings. The van der Waals surface area contributed by atoms with E-state index in [2.05, 4.69) is 66.1 Å². The molecule has 6 nitrogen and oxygen atoms in total. The molecule has 0 aromatic heterocycles. The average molecular weight is 775 g/mol. The number of amidine groups is 1. The van der Waals surface area contributed by atoms with E-state index < -0.39 is 5.97 Å². The standard InChI is InChI=1S/C25H17BrI2N2O4S/c1-30-23(31)21(35-25(30)29-18-8-4-16(5-9-18)24(32)33)12-15-10-19(27)22(20(28)11-15)34-13-14-2-6-17(26)7-3-14/h2-12H,13H2,1H3,(H,32,33)/b21-12-,29-25?. The predicted octanol–water partition coefficient (Wildman–Crippen LogP) is 7.17. The van der Waals surface area contributed by atoms with Crippen molar-refractivity contribution in [3.63, 3.8) is 0 Å². The van der Waals surface area contributed by atoms with Gasteiger partial charge in [-0.05, 0) is 123 Å². The quantitative estimate of drug-likeness (QED) is 0.213. The Labute approximate surface area is 242 Å². The van der Waals surface area contributed by atoms with E-state index in [0.717, 1.165) is 28.5 Å². The van der Waals surface area contributed by atoms with E-state index in [9.17, 15) is 9.59 Å². The van der Waals surface area contributed by atoms with Crippen molar-refractivity contribution in [1.82, 2.24) is 4.90 Å². The third-order valence-electron chi connectivity index (χ3n) is 4.96. The molecule has 4 rings (SSSR count). The zero-order chi connectivity index (χ0) is 25.1. The topological polar surface area (TPSA) is 79.2 Å². The molecule has 3 aromatic rings. The maximum absolute atomic E-state index is 12.8. The van der Waals surface area contributed by atoms with E-state index in [1.807, 2.05) is 42.5 Å². The Morgan fingerprint density at radius 1 is 1.11 bits per heavy atom. The fourth-order valence-corrected chi connectivity index (χ4v) is 6.51. The van der Waals surface area contributed by atoms with Crippen LogP contribution in [0.2, 0.25) is 0 Å². The Kier molecular flexibility index (Phi) is 8.55. The number of thioether (sulfide) groups is 1. The minimum absolute atomic E-state index is 0.142. The van der Waals surface area contributed by atoms with Crippen molar-refractivity contribution < 1.29 is 19.4 Å². The SMILES string of the molecule is CN1C(=O)/C(=C/c2cc(I)c(OCc3ccc(Br)cc3)c(I)c2)SC1=Nc1ccc(C(=O)O)cc1. The molecule has 1 aliphatic heterocycles. The number of carbonyl (C=O) groups excluding carboxylic acids is 1. The number of ether oxygens (including phenoxy) is 1. The van der Waals surface area contributed by atoms with Gasteiger partial charge in [0.2, 0.25) is 0 Å². The summed E-state index contributed by atoms with van der Waals surface area (Å²) in [7, 11) is 1.67. The van der Waals surface area contributed by atoms with Gasteiger partial charge < -0.3 is 9.84 Å². The molecular formula is C25H17BrI2N2O4S. The lowest BCUT2D eigenvalue weighted by atomic mass is 10.2. The highest BCUT2D eigenvalue weighted by Gasteiger charge is 2.30. The number of hydrogen-bond acceptors (Lipinski definition) is 5. The van der Waals surface area contributed by atoms with E-state index in [1.165, 1.54) is 28.8 Å². The minimum Gasteiger partial charge on any atom is -0.487 e. The molecule has 1 heterocycles. The third-order valence-corrected chi connectivity index (χ3v) is 8.15. The maximum Gasteiger partial charge on any atom is 0.335 e. The van der Waals surface area contributed by atoms with Crippen LogP contribution in [0.3, 0.4) is 0 Å². The summed E-state index contributed by atoms with van der Waals surface area (Å²) in [6.45, 7) is 0.464. The molecule has 1 saturated heterocycles. The highest BCUT2D eigenvalue weighted by atomic mass is 127. The second-order valence-electron chi connectivity index (χ2n) is 7.45. The Balaban J connectivity index is 1.52. The smallest absolute Gasteiger partial charge is 0.335 e. The number of rotatable bonds is 6. The van der Waals surface area contributed by atoms with Crippen molar-refractivity contribution in [3.05, 3.63) is 93.9 Å². The fraction of sp³-hybridized carbons (Fsp3) is 0.0800. The summed E-state index contributed by atoms with van der Waals surface area (Å²) in [5, 5.41) is 9.58. The molecule has 10 heteroatoms. The Hall–Kier alpha value is -1.90. The van der Waals surface area contributed by atoms with Crippen molar-refractivity contribution in [1.29, 1.82) is 0 Å². The van der Waals surface area contributed by atoms with E-state index in [-0.39, 0.29) is 11.5 Å². The van der Waals surface area contributed by atoms with Gasteiger partial charge in [0.25, 0.3) is 5.91 Å². The van der Waals surface area contributed by atoms with Crippen LogP contribution < -0.4 is 4.74 Å². The zero-order valence-electron chi connectivity index (χ0n) is 18.2. The van der Waals surface area contributed by atoms with Gasteiger partial charge in [0, 0.05) is 11.5 Å². The number of hydrogen-bond donors (Lipinski definition) is 1. The number of aromatic carboxylic acids is 1. The van der Waals surface area contributed by atoms with Gasteiger partial charge in [-0.25, -0.2) is 9.79 Å². The molecule has 0 unspecified atom stereocenters. The first kappa shape index (κ1) is 26.2. The Morgan fingerprint density at radius 2 is 1.74 bits per heavy atom. The lowest BCUT2D eigenvalue weighted by Crippen LogP contribution is -2.23. The van der Waals surface area contributed by atoms with Crippen molar-refractivity contribution in [3.8, 4) is 5.75 Å². The number of carboxylic acids is 1. The van der Waals surface area contributed by atoms with Gasteiger partial charge in [0.1, 0.15) is 12.4 Å². The fourth-order valence-electron chi connectivity index (χ4n) is 3.13. The van der Waals surface area contributed by atoms with Gasteiger partial charge >= 0.3 is 5.97 Å². The molecule has 1 N–H and O–H groups in total. The molecule has 0 radical (unpaired) electrons. The van der Waals surface area contributed by atoms with E-state index in [0.29, 0.717) is 22.4 Å². The number of benzene rings is 3. The van der Waals surface area contributed by atoms with Crippen LogP contribution in [-0.2, 0) is 11.4 Å². The second kappa shape index (κ2) is 11.4. The Bertz CT molecular complexity index is 1340. The van der Waals surface area contributed by atoms with Crippen LogP contribution >= 0.6 is 72.9 Å². The predicted molar refractivity (Wildman–Crippen MR) is 159 cm³/mol. The summed E-state index contributed by atoms with van der Waals surface area (Å²) in [4.78, 5) is 30.4. The van der Waals surface area contributed by atoms with E-state index in [1.54, 1.807) is 19.2 Å². The van der Waals surface area contributed by atoms with Crippen LogP contribution in [0.25, 0.3) is 6.08 Å². The molecule has 0 saturated carbocycles. The number of aliphatic imine (C=N–C) groups is 1.